The molecule has 0 aromatic heterocycles. The van der Waals surface area contributed by atoms with E-state index >= 15 is 0 Å². The molecule has 21 heavy (non-hydrogen) atoms. The molecule has 1 fully saturated rings. The van der Waals surface area contributed by atoms with Crippen molar-refractivity contribution >= 4 is 21.4 Å². The van der Waals surface area contributed by atoms with E-state index in [2.05, 4.69) is 12.2 Å². The van der Waals surface area contributed by atoms with Gasteiger partial charge in [0.05, 0.1) is 5.69 Å². The van der Waals surface area contributed by atoms with Gasteiger partial charge in [-0.1, -0.05) is 19.8 Å². The van der Waals surface area contributed by atoms with E-state index in [0.717, 1.165) is 24.4 Å². The Morgan fingerprint density at radius 3 is 2.43 bits per heavy atom. The molecule has 0 amide bonds. The second-order valence-corrected chi connectivity index (χ2v) is 7.48. The Labute approximate surface area is 127 Å². The highest BCUT2D eigenvalue weighted by Crippen LogP contribution is 2.30. The molecule has 0 heterocycles. The van der Waals surface area contributed by atoms with Crippen LogP contribution in [-0.4, -0.2) is 14.5 Å². The van der Waals surface area contributed by atoms with Crippen molar-refractivity contribution in [3.8, 4) is 0 Å². The fourth-order valence-electron chi connectivity index (χ4n) is 3.14. The summed E-state index contributed by atoms with van der Waals surface area (Å²) < 4.78 is 22.7. The average molecular weight is 311 g/mol. The molecule has 2 rings (SSSR count). The number of sulfonamides is 1. The van der Waals surface area contributed by atoms with E-state index in [0.29, 0.717) is 6.04 Å². The van der Waals surface area contributed by atoms with Gasteiger partial charge in [0.2, 0.25) is 10.0 Å². The molecule has 0 unspecified atom stereocenters. The van der Waals surface area contributed by atoms with E-state index in [4.69, 9.17) is 10.9 Å². The van der Waals surface area contributed by atoms with Gasteiger partial charge in [0, 0.05) is 11.7 Å². The van der Waals surface area contributed by atoms with Crippen molar-refractivity contribution in [2.75, 3.05) is 11.1 Å². The van der Waals surface area contributed by atoms with Gasteiger partial charge in [-0.25, -0.2) is 13.6 Å². The highest BCUT2D eigenvalue weighted by atomic mass is 32.2. The molecule has 5 nitrogen and oxygen atoms in total. The molecule has 0 bridgehead atoms. The number of hydrogen-bond donors (Lipinski definition) is 3. The van der Waals surface area contributed by atoms with E-state index in [-0.39, 0.29) is 10.6 Å². The Kier molecular flexibility index (Phi) is 5.11. The largest absolute Gasteiger partial charge is 0.398 e. The van der Waals surface area contributed by atoms with Gasteiger partial charge in [-0.2, -0.15) is 0 Å². The van der Waals surface area contributed by atoms with Crippen LogP contribution in [0.5, 0.6) is 0 Å². The summed E-state index contributed by atoms with van der Waals surface area (Å²) in [6, 6.07) is 5.29. The summed E-state index contributed by atoms with van der Waals surface area (Å²) in [5.74, 6) is 0.864. The smallest absolute Gasteiger partial charge is 0.240 e. The predicted octanol–water partition coefficient (Wildman–Crippen LogP) is 2.69. The maximum Gasteiger partial charge on any atom is 0.240 e. The first-order chi connectivity index (χ1) is 9.90. The molecular weight excluding hydrogens is 286 g/mol. The monoisotopic (exact) mass is 311 g/mol. The minimum Gasteiger partial charge on any atom is -0.398 e. The van der Waals surface area contributed by atoms with Gasteiger partial charge in [-0.3, -0.25) is 0 Å². The number of primary sulfonamides is 1. The first-order valence-electron chi connectivity index (χ1n) is 7.59. The third-order valence-corrected chi connectivity index (χ3v) is 5.22. The van der Waals surface area contributed by atoms with Crippen LogP contribution < -0.4 is 16.2 Å². The highest BCUT2D eigenvalue weighted by Gasteiger charge is 2.21. The lowest BCUT2D eigenvalue weighted by Gasteiger charge is -2.29. The van der Waals surface area contributed by atoms with Gasteiger partial charge in [-0.15, -0.1) is 0 Å². The van der Waals surface area contributed by atoms with Crippen LogP contribution >= 0.6 is 0 Å². The number of nitrogen functional groups attached to an aromatic ring is 1. The second-order valence-electron chi connectivity index (χ2n) is 5.95. The quantitative estimate of drug-likeness (QED) is 0.728. The Morgan fingerprint density at radius 2 is 1.90 bits per heavy atom. The average Bonchev–Trinajstić information content (AvgIpc) is 2.40. The van der Waals surface area contributed by atoms with Crippen molar-refractivity contribution in [1.82, 2.24) is 0 Å². The maximum atomic E-state index is 11.3. The topological polar surface area (TPSA) is 98.2 Å². The van der Waals surface area contributed by atoms with Crippen LogP contribution in [0.2, 0.25) is 0 Å². The fraction of sp³-hybridized carbons (Fsp3) is 0.600. The molecule has 6 heteroatoms. The van der Waals surface area contributed by atoms with E-state index in [1.165, 1.54) is 31.7 Å². The van der Waals surface area contributed by atoms with Crippen LogP contribution in [0.25, 0.3) is 0 Å². The van der Waals surface area contributed by atoms with Gasteiger partial charge in [0.25, 0.3) is 0 Å². The summed E-state index contributed by atoms with van der Waals surface area (Å²) in [4.78, 5) is -0.0142. The molecule has 1 aliphatic rings. The Bertz CT molecular complexity index is 579. The van der Waals surface area contributed by atoms with Crippen LogP contribution in [0.15, 0.2) is 23.1 Å². The first-order valence-corrected chi connectivity index (χ1v) is 9.13. The molecule has 0 saturated heterocycles. The lowest BCUT2D eigenvalue weighted by Crippen LogP contribution is -2.26. The second kappa shape index (κ2) is 6.66. The zero-order valence-electron chi connectivity index (χ0n) is 12.5. The van der Waals surface area contributed by atoms with E-state index in [9.17, 15) is 8.42 Å². The van der Waals surface area contributed by atoms with Crippen molar-refractivity contribution in [3.05, 3.63) is 18.2 Å². The predicted molar refractivity (Wildman–Crippen MR) is 86.5 cm³/mol. The van der Waals surface area contributed by atoms with Crippen molar-refractivity contribution in [2.45, 2.75) is 56.4 Å². The molecular formula is C15H25N3O2S. The van der Waals surface area contributed by atoms with Gasteiger partial charge in [-0.05, 0) is 49.8 Å². The molecule has 1 saturated carbocycles. The number of rotatable bonds is 5. The van der Waals surface area contributed by atoms with Crippen molar-refractivity contribution < 1.29 is 8.42 Å². The van der Waals surface area contributed by atoms with Crippen molar-refractivity contribution in [3.63, 3.8) is 0 Å². The number of nitrogens with one attached hydrogen (secondary N) is 1. The normalized spacial score (nSPS) is 23.0. The van der Waals surface area contributed by atoms with Crippen molar-refractivity contribution in [2.24, 2.45) is 11.1 Å². The van der Waals surface area contributed by atoms with Crippen LogP contribution in [0.1, 0.15) is 45.4 Å². The first kappa shape index (κ1) is 16.1. The van der Waals surface area contributed by atoms with Gasteiger partial charge in [0.15, 0.2) is 0 Å². The summed E-state index contributed by atoms with van der Waals surface area (Å²) in [7, 11) is -3.75. The van der Waals surface area contributed by atoms with E-state index in [1.807, 2.05) is 0 Å². The van der Waals surface area contributed by atoms with E-state index in [1.54, 1.807) is 12.1 Å². The van der Waals surface area contributed by atoms with Crippen molar-refractivity contribution in [1.29, 1.82) is 0 Å². The summed E-state index contributed by atoms with van der Waals surface area (Å²) in [6.07, 6.45) is 7.41. The zero-order chi connectivity index (χ0) is 15.5. The van der Waals surface area contributed by atoms with Crippen LogP contribution in [0.3, 0.4) is 0 Å². The summed E-state index contributed by atoms with van der Waals surface area (Å²) in [6.45, 7) is 2.24. The lowest BCUT2D eigenvalue weighted by molar-refractivity contribution is 0.319. The molecule has 5 N–H and O–H groups in total. The number of nitrogens with two attached hydrogens (primary N) is 2. The fourth-order valence-corrected chi connectivity index (χ4v) is 3.78. The maximum absolute atomic E-state index is 11.3. The minimum atomic E-state index is -3.75. The summed E-state index contributed by atoms with van der Waals surface area (Å²) in [5, 5.41) is 8.55. The Morgan fingerprint density at radius 1 is 1.24 bits per heavy atom. The Hall–Kier alpha value is -1.27. The lowest BCUT2D eigenvalue weighted by atomic mass is 9.83. The van der Waals surface area contributed by atoms with Crippen LogP contribution in [0, 0.1) is 5.92 Å². The molecule has 0 atom stereocenters. The van der Waals surface area contributed by atoms with E-state index < -0.39 is 10.0 Å². The van der Waals surface area contributed by atoms with Gasteiger partial charge in [0.1, 0.15) is 4.90 Å². The standard InChI is InChI=1S/C15H25N3O2S/c1-2-3-11-4-6-12(7-5-11)18-13-8-9-15(14(16)10-13)21(17,19)20/h8-12,18H,2-7,16H2,1H3,(H2,17,19,20). The molecule has 0 spiro atoms. The molecule has 1 aliphatic carbocycles. The molecule has 1 aromatic carbocycles. The summed E-state index contributed by atoms with van der Waals surface area (Å²) >= 11 is 0. The number of anilines is 2. The summed E-state index contributed by atoms with van der Waals surface area (Å²) in [5.41, 5.74) is 6.83. The molecule has 0 aliphatic heterocycles. The zero-order valence-corrected chi connectivity index (χ0v) is 13.3. The molecule has 0 radical (unpaired) electrons. The third kappa shape index (κ3) is 4.35. The van der Waals surface area contributed by atoms with Gasteiger partial charge >= 0.3 is 0 Å². The van der Waals surface area contributed by atoms with Gasteiger partial charge < -0.3 is 11.1 Å². The third-order valence-electron chi connectivity index (χ3n) is 4.23. The number of hydrogen-bond acceptors (Lipinski definition) is 4. The SMILES string of the molecule is CCCC1CCC(Nc2ccc(S(N)(=O)=O)c(N)c2)CC1. The highest BCUT2D eigenvalue weighted by molar-refractivity contribution is 7.89. The molecule has 1 aromatic rings. The van der Waals surface area contributed by atoms with Crippen LogP contribution in [-0.2, 0) is 10.0 Å². The molecule has 118 valence electrons. The number of benzene rings is 1. The Balaban J connectivity index is 1.97. The van der Waals surface area contributed by atoms with Crippen LogP contribution in [0.4, 0.5) is 11.4 Å². The minimum absolute atomic E-state index is 0.0142.